The largest absolute Gasteiger partial charge is 0.369 e. The van der Waals surface area contributed by atoms with Crippen molar-refractivity contribution in [2.75, 3.05) is 30.4 Å². The second-order valence-corrected chi connectivity index (χ2v) is 6.65. The van der Waals surface area contributed by atoms with Crippen molar-refractivity contribution in [3.8, 4) is 0 Å². The fourth-order valence-corrected chi connectivity index (χ4v) is 3.20. The topological polar surface area (TPSA) is 28.2 Å². The Morgan fingerprint density at radius 2 is 2.14 bits per heavy atom. The van der Waals surface area contributed by atoms with Crippen molar-refractivity contribution in [1.29, 1.82) is 0 Å². The Bertz CT molecular complexity index is 573. The Kier molecular flexibility index (Phi) is 6.15. The van der Waals surface area contributed by atoms with Crippen LogP contribution in [0, 0.1) is 0 Å². The average molecular weight is 344 g/mol. The minimum atomic E-state index is 0.559. The summed E-state index contributed by atoms with van der Waals surface area (Å²) in [5, 5.41) is 6.46. The van der Waals surface area contributed by atoms with Crippen LogP contribution in [-0.4, -0.2) is 25.1 Å². The highest BCUT2D eigenvalue weighted by atomic mass is 35.5. The van der Waals surface area contributed by atoms with Crippen LogP contribution in [0.4, 0.5) is 11.6 Å². The maximum Gasteiger partial charge on any atom is 0.149 e. The van der Waals surface area contributed by atoms with Gasteiger partial charge in [0.1, 0.15) is 11.6 Å². The summed E-state index contributed by atoms with van der Waals surface area (Å²) >= 11 is 14.2. The lowest BCUT2D eigenvalue weighted by atomic mass is 10.3. The molecule has 2 rings (SSSR count). The second kappa shape index (κ2) is 7.87. The number of nitrogens with zero attached hydrogens (tertiary/aromatic N) is 2. The zero-order chi connectivity index (χ0) is 15.2. The van der Waals surface area contributed by atoms with E-state index in [4.69, 9.17) is 23.2 Å². The highest BCUT2D eigenvalue weighted by Gasteiger charge is 2.13. The van der Waals surface area contributed by atoms with Gasteiger partial charge in [-0.15, -0.1) is 11.3 Å². The number of likely N-dealkylation sites (N-methyl/N-ethyl adjacent to an activating group) is 1. The zero-order valence-electron chi connectivity index (χ0n) is 12.2. The van der Waals surface area contributed by atoms with E-state index in [1.54, 1.807) is 17.4 Å². The number of pyridine rings is 1. The molecule has 0 aliphatic rings. The summed E-state index contributed by atoms with van der Waals surface area (Å²) in [6.45, 7) is 3.81. The van der Waals surface area contributed by atoms with Crippen molar-refractivity contribution in [2.24, 2.45) is 0 Å². The van der Waals surface area contributed by atoms with Gasteiger partial charge in [0.05, 0.1) is 10.0 Å². The van der Waals surface area contributed by atoms with E-state index in [2.05, 4.69) is 39.6 Å². The first-order valence-corrected chi connectivity index (χ1v) is 8.58. The lowest BCUT2D eigenvalue weighted by molar-refractivity contribution is 0.867. The van der Waals surface area contributed by atoms with Gasteiger partial charge in [0.2, 0.25) is 0 Å². The fraction of sp³-hybridized carbons (Fsp3) is 0.400. The van der Waals surface area contributed by atoms with Crippen LogP contribution in [0.5, 0.6) is 0 Å². The molecule has 0 aliphatic heterocycles. The molecular formula is C15H19Cl2N3S. The molecule has 0 aromatic carbocycles. The lowest BCUT2D eigenvalue weighted by Crippen LogP contribution is -2.22. The van der Waals surface area contributed by atoms with E-state index in [9.17, 15) is 0 Å². The van der Waals surface area contributed by atoms with Crippen molar-refractivity contribution < 1.29 is 0 Å². The van der Waals surface area contributed by atoms with Crippen molar-refractivity contribution in [3.05, 3.63) is 38.5 Å². The number of aromatic nitrogens is 1. The quantitative estimate of drug-likeness (QED) is 0.770. The Morgan fingerprint density at radius 3 is 2.81 bits per heavy atom. The number of thiophene rings is 1. The van der Waals surface area contributed by atoms with E-state index in [0.717, 1.165) is 31.7 Å². The summed E-state index contributed by atoms with van der Waals surface area (Å²) in [4.78, 5) is 7.99. The van der Waals surface area contributed by atoms with Gasteiger partial charge in [-0.05, 0) is 30.4 Å². The Hall–Kier alpha value is -0.970. The normalized spacial score (nSPS) is 10.7. The maximum atomic E-state index is 6.28. The Morgan fingerprint density at radius 1 is 1.33 bits per heavy atom. The molecule has 0 aliphatic carbocycles. The molecule has 114 valence electrons. The minimum absolute atomic E-state index is 0.559. The van der Waals surface area contributed by atoms with Gasteiger partial charge in [-0.25, -0.2) is 4.98 Å². The van der Waals surface area contributed by atoms with E-state index in [-0.39, 0.29) is 0 Å². The van der Waals surface area contributed by atoms with Crippen LogP contribution in [0.1, 0.15) is 18.2 Å². The Balaban J connectivity index is 2.09. The van der Waals surface area contributed by atoms with Crippen molar-refractivity contribution >= 4 is 46.2 Å². The smallest absolute Gasteiger partial charge is 0.149 e. The van der Waals surface area contributed by atoms with E-state index in [1.807, 2.05) is 7.05 Å². The van der Waals surface area contributed by atoms with Gasteiger partial charge in [0.15, 0.2) is 0 Å². The van der Waals surface area contributed by atoms with E-state index in [1.165, 1.54) is 4.88 Å². The summed E-state index contributed by atoms with van der Waals surface area (Å²) in [5.74, 6) is 1.46. The summed E-state index contributed by atoms with van der Waals surface area (Å²) in [7, 11) is 2.00. The van der Waals surface area contributed by atoms with Crippen LogP contribution in [0.15, 0.2) is 23.6 Å². The van der Waals surface area contributed by atoms with Gasteiger partial charge < -0.3 is 10.2 Å². The molecule has 0 unspecified atom stereocenters. The molecule has 1 N–H and O–H groups in total. The number of hydrogen-bond acceptors (Lipinski definition) is 4. The van der Waals surface area contributed by atoms with E-state index >= 15 is 0 Å². The van der Waals surface area contributed by atoms with Crippen LogP contribution in [-0.2, 0) is 6.42 Å². The minimum Gasteiger partial charge on any atom is -0.369 e. The molecule has 21 heavy (non-hydrogen) atoms. The first-order chi connectivity index (χ1) is 10.1. The predicted octanol–water partition coefficient (Wildman–Crippen LogP) is 4.95. The SMILES string of the molecule is CCCNc1nc(N(C)CCc2cccs2)c(Cl)cc1Cl. The number of anilines is 2. The van der Waals surface area contributed by atoms with Crippen molar-refractivity contribution in [3.63, 3.8) is 0 Å². The number of halogens is 2. The molecule has 3 nitrogen and oxygen atoms in total. The second-order valence-electron chi connectivity index (χ2n) is 4.80. The van der Waals surface area contributed by atoms with Gasteiger partial charge in [-0.3, -0.25) is 0 Å². The number of nitrogens with one attached hydrogen (secondary N) is 1. The molecule has 0 saturated heterocycles. The fourth-order valence-electron chi connectivity index (χ4n) is 1.93. The third kappa shape index (κ3) is 4.50. The van der Waals surface area contributed by atoms with E-state index < -0.39 is 0 Å². The third-order valence-electron chi connectivity index (χ3n) is 3.09. The van der Waals surface area contributed by atoms with Gasteiger partial charge in [0.25, 0.3) is 0 Å². The highest BCUT2D eigenvalue weighted by Crippen LogP contribution is 2.31. The van der Waals surface area contributed by atoms with Crippen molar-refractivity contribution in [2.45, 2.75) is 19.8 Å². The molecule has 0 amide bonds. The summed E-state index contributed by atoms with van der Waals surface area (Å²) in [5.41, 5.74) is 0. The van der Waals surface area contributed by atoms with Gasteiger partial charge in [-0.2, -0.15) is 0 Å². The van der Waals surface area contributed by atoms with Gasteiger partial charge in [-0.1, -0.05) is 36.2 Å². The standard InChI is InChI=1S/C15H19Cl2N3S/c1-3-7-18-14-12(16)10-13(17)15(19-14)20(2)8-6-11-5-4-9-21-11/h4-5,9-10H,3,6-8H2,1-2H3,(H,18,19). The Labute approximate surface area is 139 Å². The molecule has 0 saturated carbocycles. The number of hydrogen-bond donors (Lipinski definition) is 1. The van der Waals surface area contributed by atoms with Crippen LogP contribution < -0.4 is 10.2 Å². The summed E-state index contributed by atoms with van der Waals surface area (Å²) in [6, 6.07) is 5.97. The average Bonchev–Trinajstić information content (AvgIpc) is 2.97. The first kappa shape index (κ1) is 16.4. The van der Waals surface area contributed by atoms with E-state index in [0.29, 0.717) is 15.9 Å². The maximum absolute atomic E-state index is 6.28. The monoisotopic (exact) mass is 343 g/mol. The molecule has 0 atom stereocenters. The summed E-state index contributed by atoms with van der Waals surface area (Å²) in [6.07, 6.45) is 2.00. The van der Waals surface area contributed by atoms with Crippen LogP contribution >= 0.6 is 34.5 Å². The zero-order valence-corrected chi connectivity index (χ0v) is 14.5. The molecular weight excluding hydrogens is 325 g/mol. The molecule has 2 aromatic rings. The van der Waals surface area contributed by atoms with Crippen LogP contribution in [0.2, 0.25) is 10.0 Å². The van der Waals surface area contributed by atoms with Crippen LogP contribution in [0.3, 0.4) is 0 Å². The highest BCUT2D eigenvalue weighted by molar-refractivity contribution is 7.09. The van der Waals surface area contributed by atoms with Gasteiger partial charge >= 0.3 is 0 Å². The lowest BCUT2D eigenvalue weighted by Gasteiger charge is -2.20. The molecule has 0 spiro atoms. The molecule has 6 heteroatoms. The van der Waals surface area contributed by atoms with Crippen LogP contribution in [0.25, 0.3) is 0 Å². The molecule has 2 aromatic heterocycles. The van der Waals surface area contributed by atoms with Crippen molar-refractivity contribution in [1.82, 2.24) is 4.98 Å². The first-order valence-electron chi connectivity index (χ1n) is 6.95. The van der Waals surface area contributed by atoms with Gasteiger partial charge in [0, 0.05) is 25.0 Å². The molecule has 2 heterocycles. The summed E-state index contributed by atoms with van der Waals surface area (Å²) < 4.78 is 0. The number of rotatable bonds is 7. The molecule has 0 radical (unpaired) electrons. The molecule has 0 fully saturated rings. The predicted molar refractivity (Wildman–Crippen MR) is 94.3 cm³/mol. The third-order valence-corrected chi connectivity index (χ3v) is 4.59. The molecule has 0 bridgehead atoms.